The molecule has 4 nitrogen and oxygen atoms in total. The number of fused-ring (bicyclic) bond motifs is 1. The number of hydrogen-bond donors (Lipinski definition) is 2. The number of carbonyl (C=O) groups excluding carboxylic acids is 1. The van der Waals surface area contributed by atoms with Gasteiger partial charge in [-0.3, -0.25) is 9.89 Å². The summed E-state index contributed by atoms with van der Waals surface area (Å²) in [6.45, 7) is 0. The molecule has 0 saturated heterocycles. The molecule has 1 heterocycles. The van der Waals surface area contributed by atoms with E-state index in [1.165, 1.54) is 12.1 Å². The topological polar surface area (TPSA) is 57.8 Å². The number of nitrogens with zero attached hydrogens (tertiary/aromatic N) is 1. The minimum atomic E-state index is -0.323. The number of aromatic amines is 1. The van der Waals surface area contributed by atoms with Crippen LogP contribution in [0.15, 0.2) is 18.2 Å². The lowest BCUT2D eigenvalue weighted by atomic mass is 10.2. The lowest BCUT2D eigenvalue weighted by Crippen LogP contribution is -2.13. The van der Waals surface area contributed by atoms with Crippen LogP contribution in [-0.4, -0.2) is 16.1 Å². The molecule has 3 rings (SSSR count). The fourth-order valence-corrected chi connectivity index (χ4v) is 1.65. The van der Waals surface area contributed by atoms with Crippen LogP contribution in [0.4, 0.5) is 10.2 Å². The lowest BCUT2D eigenvalue weighted by Gasteiger charge is -1.99. The van der Waals surface area contributed by atoms with E-state index in [4.69, 9.17) is 0 Å². The van der Waals surface area contributed by atoms with Crippen LogP contribution < -0.4 is 5.32 Å². The second-order valence-corrected chi connectivity index (χ2v) is 4.03. The standard InChI is InChI=1S/C11H10FN3O/c12-7-3-4-8-9(5-7)14-15-10(8)13-11(16)6-1-2-6/h3-6H,1-2H2,(H2,13,14,15,16). The van der Waals surface area contributed by atoms with Gasteiger partial charge in [-0.2, -0.15) is 5.10 Å². The molecule has 1 aromatic heterocycles. The van der Waals surface area contributed by atoms with Crippen molar-refractivity contribution in [3.63, 3.8) is 0 Å². The number of hydrogen-bond acceptors (Lipinski definition) is 2. The van der Waals surface area contributed by atoms with E-state index in [2.05, 4.69) is 15.5 Å². The number of benzene rings is 1. The Morgan fingerprint density at radius 3 is 3.06 bits per heavy atom. The van der Waals surface area contributed by atoms with Gasteiger partial charge in [-0.25, -0.2) is 4.39 Å². The maximum Gasteiger partial charge on any atom is 0.228 e. The minimum absolute atomic E-state index is 0.00211. The van der Waals surface area contributed by atoms with Crippen LogP contribution in [0.3, 0.4) is 0 Å². The first-order valence-electron chi connectivity index (χ1n) is 5.18. The molecule has 1 fully saturated rings. The zero-order valence-electron chi connectivity index (χ0n) is 8.46. The first kappa shape index (κ1) is 9.33. The van der Waals surface area contributed by atoms with E-state index in [0.717, 1.165) is 18.2 Å². The van der Waals surface area contributed by atoms with Gasteiger partial charge in [0.05, 0.1) is 5.52 Å². The highest BCUT2D eigenvalue weighted by Gasteiger charge is 2.30. The van der Waals surface area contributed by atoms with E-state index in [0.29, 0.717) is 11.3 Å². The minimum Gasteiger partial charge on any atom is -0.308 e. The number of aromatic nitrogens is 2. The van der Waals surface area contributed by atoms with Crippen molar-refractivity contribution < 1.29 is 9.18 Å². The number of carbonyl (C=O) groups is 1. The Labute approximate surface area is 90.8 Å². The average Bonchev–Trinajstić information content (AvgIpc) is 3.03. The Kier molecular flexibility index (Phi) is 1.92. The Morgan fingerprint density at radius 1 is 1.50 bits per heavy atom. The van der Waals surface area contributed by atoms with Gasteiger partial charge < -0.3 is 5.32 Å². The number of halogens is 1. The summed E-state index contributed by atoms with van der Waals surface area (Å²) in [6.07, 6.45) is 1.89. The summed E-state index contributed by atoms with van der Waals surface area (Å²) in [5.74, 6) is 0.285. The Bertz CT molecular complexity index is 559. The van der Waals surface area contributed by atoms with Gasteiger partial charge in [-0.1, -0.05) is 0 Å². The van der Waals surface area contributed by atoms with E-state index < -0.39 is 0 Å². The summed E-state index contributed by atoms with van der Waals surface area (Å²) in [4.78, 5) is 11.5. The number of rotatable bonds is 2. The SMILES string of the molecule is O=C(Nc1n[nH]c2cc(F)ccc12)C1CC1. The van der Waals surface area contributed by atoms with E-state index in [1.54, 1.807) is 6.07 Å². The molecule has 16 heavy (non-hydrogen) atoms. The molecule has 82 valence electrons. The molecule has 0 unspecified atom stereocenters. The molecule has 0 radical (unpaired) electrons. The highest BCUT2D eigenvalue weighted by Crippen LogP contribution is 2.31. The number of nitrogens with one attached hydrogen (secondary N) is 2. The van der Waals surface area contributed by atoms with Crippen molar-refractivity contribution >= 4 is 22.6 Å². The predicted octanol–water partition coefficient (Wildman–Crippen LogP) is 2.05. The molecule has 0 spiro atoms. The Hall–Kier alpha value is -1.91. The first-order chi connectivity index (χ1) is 7.74. The molecule has 5 heteroatoms. The van der Waals surface area contributed by atoms with Crippen LogP contribution >= 0.6 is 0 Å². The van der Waals surface area contributed by atoms with E-state index >= 15 is 0 Å². The molecule has 0 atom stereocenters. The number of amides is 1. The van der Waals surface area contributed by atoms with Crippen molar-refractivity contribution in [2.75, 3.05) is 5.32 Å². The molecule has 1 amide bonds. The first-order valence-corrected chi connectivity index (χ1v) is 5.18. The van der Waals surface area contributed by atoms with Crippen molar-refractivity contribution in [1.29, 1.82) is 0 Å². The molecular formula is C11H10FN3O. The predicted molar refractivity (Wildman–Crippen MR) is 57.4 cm³/mol. The molecular weight excluding hydrogens is 209 g/mol. The Balaban J connectivity index is 1.94. The van der Waals surface area contributed by atoms with Gasteiger partial charge in [0.2, 0.25) is 5.91 Å². The molecule has 2 aromatic rings. The summed E-state index contributed by atoms with van der Waals surface area (Å²) >= 11 is 0. The van der Waals surface area contributed by atoms with Crippen molar-refractivity contribution in [2.45, 2.75) is 12.8 Å². The molecule has 1 saturated carbocycles. The summed E-state index contributed by atoms with van der Waals surface area (Å²) in [5, 5.41) is 10.1. The molecule has 0 bridgehead atoms. The van der Waals surface area contributed by atoms with Crippen molar-refractivity contribution in [2.24, 2.45) is 5.92 Å². The third-order valence-corrected chi connectivity index (χ3v) is 2.71. The molecule has 1 aliphatic rings. The second-order valence-electron chi connectivity index (χ2n) is 4.03. The second kappa shape index (κ2) is 3.30. The van der Waals surface area contributed by atoms with Crippen LogP contribution in [0, 0.1) is 11.7 Å². The Morgan fingerprint density at radius 2 is 2.31 bits per heavy atom. The van der Waals surface area contributed by atoms with Crippen LogP contribution in [-0.2, 0) is 4.79 Å². The third-order valence-electron chi connectivity index (χ3n) is 2.71. The summed E-state index contributed by atoms with van der Waals surface area (Å²) < 4.78 is 12.9. The fourth-order valence-electron chi connectivity index (χ4n) is 1.65. The van der Waals surface area contributed by atoms with E-state index in [-0.39, 0.29) is 17.6 Å². The third kappa shape index (κ3) is 1.54. The van der Waals surface area contributed by atoms with Gasteiger partial charge >= 0.3 is 0 Å². The maximum absolute atomic E-state index is 12.9. The molecule has 1 aromatic carbocycles. The largest absolute Gasteiger partial charge is 0.308 e. The van der Waals surface area contributed by atoms with Crippen LogP contribution in [0.5, 0.6) is 0 Å². The van der Waals surface area contributed by atoms with Crippen LogP contribution in [0.2, 0.25) is 0 Å². The molecule has 2 N–H and O–H groups in total. The van der Waals surface area contributed by atoms with E-state index in [1.807, 2.05) is 0 Å². The average molecular weight is 219 g/mol. The fraction of sp³-hybridized carbons (Fsp3) is 0.273. The van der Waals surface area contributed by atoms with Gasteiger partial charge in [0.25, 0.3) is 0 Å². The smallest absolute Gasteiger partial charge is 0.228 e. The zero-order chi connectivity index (χ0) is 11.1. The van der Waals surface area contributed by atoms with Gasteiger partial charge in [0.15, 0.2) is 5.82 Å². The van der Waals surface area contributed by atoms with Gasteiger partial charge in [-0.15, -0.1) is 0 Å². The maximum atomic E-state index is 12.9. The van der Waals surface area contributed by atoms with Gasteiger partial charge in [-0.05, 0) is 31.0 Å². The summed E-state index contributed by atoms with van der Waals surface area (Å²) in [6, 6.07) is 4.32. The lowest BCUT2D eigenvalue weighted by molar-refractivity contribution is -0.117. The summed E-state index contributed by atoms with van der Waals surface area (Å²) in [7, 11) is 0. The van der Waals surface area contributed by atoms with Crippen LogP contribution in [0.25, 0.3) is 10.9 Å². The van der Waals surface area contributed by atoms with Gasteiger partial charge in [0, 0.05) is 11.3 Å². The van der Waals surface area contributed by atoms with E-state index in [9.17, 15) is 9.18 Å². The number of H-pyrrole nitrogens is 1. The van der Waals surface area contributed by atoms with Crippen molar-refractivity contribution in [1.82, 2.24) is 10.2 Å². The number of anilines is 1. The molecule has 1 aliphatic carbocycles. The molecule has 0 aliphatic heterocycles. The van der Waals surface area contributed by atoms with Gasteiger partial charge in [0.1, 0.15) is 5.82 Å². The highest BCUT2D eigenvalue weighted by molar-refractivity contribution is 6.01. The summed E-state index contributed by atoms with van der Waals surface area (Å²) in [5.41, 5.74) is 0.589. The van der Waals surface area contributed by atoms with Crippen molar-refractivity contribution in [3.8, 4) is 0 Å². The quantitative estimate of drug-likeness (QED) is 0.812. The van der Waals surface area contributed by atoms with Crippen molar-refractivity contribution in [3.05, 3.63) is 24.0 Å². The normalized spacial score (nSPS) is 15.3. The highest BCUT2D eigenvalue weighted by atomic mass is 19.1. The zero-order valence-corrected chi connectivity index (χ0v) is 8.46. The monoisotopic (exact) mass is 219 g/mol. The van der Waals surface area contributed by atoms with Crippen LogP contribution in [0.1, 0.15) is 12.8 Å².